The van der Waals surface area contributed by atoms with Gasteiger partial charge in [0.05, 0.1) is 0 Å². The lowest BCUT2D eigenvalue weighted by Crippen LogP contribution is -2.13. The first-order valence-electron chi connectivity index (χ1n) is 16.0. The smallest absolute Gasteiger partial charge is 0.346 e. The quantitative estimate of drug-likeness (QED) is 0.0831. The number of carboxylic acids is 1. The molecule has 7 rings (SSSR count). The average molecular weight is 623 g/mol. The fourth-order valence-corrected chi connectivity index (χ4v) is 6.36. The zero-order valence-electron chi connectivity index (χ0n) is 27.1. The molecule has 0 spiro atoms. The van der Waals surface area contributed by atoms with Crippen LogP contribution in [-0.4, -0.2) is 11.1 Å². The van der Waals surface area contributed by atoms with Gasteiger partial charge in [-0.1, -0.05) is 124 Å². The molecule has 4 nitrogen and oxygen atoms in total. The lowest BCUT2D eigenvalue weighted by Gasteiger charge is -2.28. The van der Waals surface area contributed by atoms with E-state index in [1.165, 1.54) is 44.0 Å². The van der Waals surface area contributed by atoms with Gasteiger partial charge in [0.1, 0.15) is 11.6 Å². The minimum atomic E-state index is -1.23. The summed E-state index contributed by atoms with van der Waals surface area (Å²) >= 11 is 0. The highest BCUT2D eigenvalue weighted by Gasteiger charge is 2.18. The van der Waals surface area contributed by atoms with Crippen molar-refractivity contribution in [2.24, 2.45) is 0 Å². The monoisotopic (exact) mass is 622 g/mol. The van der Waals surface area contributed by atoms with Gasteiger partial charge in [0, 0.05) is 17.1 Å². The van der Waals surface area contributed by atoms with Crippen molar-refractivity contribution in [2.75, 3.05) is 4.90 Å². The lowest BCUT2D eigenvalue weighted by molar-refractivity contribution is -0.132. The third-order valence-electron chi connectivity index (χ3n) is 8.92. The number of carboxylic acid groups (broad SMARTS) is 1. The minimum Gasteiger partial charge on any atom is -0.477 e. The second kappa shape index (κ2) is 12.2. The van der Waals surface area contributed by atoms with Crippen LogP contribution in [0.2, 0.25) is 0 Å². The molecule has 0 saturated heterocycles. The molecular weight excluding hydrogens is 588 g/mol. The van der Waals surface area contributed by atoms with Crippen LogP contribution >= 0.6 is 0 Å². The third kappa shape index (κ3) is 5.90. The Morgan fingerprint density at radius 2 is 1.08 bits per heavy atom. The van der Waals surface area contributed by atoms with Gasteiger partial charge in [-0.3, -0.25) is 0 Å². The summed E-state index contributed by atoms with van der Waals surface area (Å²) in [6.45, 7) is 6.71. The molecule has 7 aromatic carbocycles. The molecule has 0 unspecified atom stereocenters. The summed E-state index contributed by atoms with van der Waals surface area (Å²) in [5.74, 6) is -1.23. The van der Waals surface area contributed by atoms with Crippen molar-refractivity contribution in [2.45, 2.75) is 26.2 Å². The average Bonchev–Trinajstić information content (AvgIpc) is 3.09. The number of carbonyl (C=O) groups is 1. The van der Waals surface area contributed by atoms with Crippen LogP contribution in [0.15, 0.2) is 133 Å². The first-order chi connectivity index (χ1) is 23.2. The van der Waals surface area contributed by atoms with Crippen molar-refractivity contribution in [3.8, 4) is 6.07 Å². The Hall–Kier alpha value is -6.18. The van der Waals surface area contributed by atoms with Crippen molar-refractivity contribution in [3.05, 3.63) is 155 Å². The number of hydrogen-bond acceptors (Lipinski definition) is 3. The van der Waals surface area contributed by atoms with Gasteiger partial charge in [-0.15, -0.1) is 0 Å². The number of benzene rings is 7. The Labute approximate surface area is 280 Å². The molecule has 0 saturated carbocycles. The largest absolute Gasteiger partial charge is 0.477 e. The van der Waals surface area contributed by atoms with Crippen LogP contribution in [0.1, 0.15) is 43.0 Å². The molecule has 0 aliphatic rings. The minimum absolute atomic E-state index is 0.0586. The molecule has 4 heteroatoms. The summed E-state index contributed by atoms with van der Waals surface area (Å²) < 4.78 is 0. The molecule has 0 heterocycles. The second-order valence-electron chi connectivity index (χ2n) is 13.2. The van der Waals surface area contributed by atoms with Crippen LogP contribution in [0.4, 0.5) is 17.1 Å². The van der Waals surface area contributed by atoms with E-state index in [9.17, 15) is 4.79 Å². The number of anilines is 3. The molecule has 0 amide bonds. The highest BCUT2D eigenvalue weighted by molar-refractivity contribution is 6.23. The fourth-order valence-electron chi connectivity index (χ4n) is 6.36. The van der Waals surface area contributed by atoms with Gasteiger partial charge in [0.2, 0.25) is 0 Å². The van der Waals surface area contributed by atoms with E-state index in [1.807, 2.05) is 30.3 Å². The predicted octanol–water partition coefficient (Wildman–Crippen LogP) is 11.5. The van der Waals surface area contributed by atoms with Gasteiger partial charge in [0.25, 0.3) is 0 Å². The van der Waals surface area contributed by atoms with Gasteiger partial charge in [0.15, 0.2) is 0 Å². The van der Waals surface area contributed by atoms with Gasteiger partial charge >= 0.3 is 5.97 Å². The van der Waals surface area contributed by atoms with E-state index in [0.29, 0.717) is 5.56 Å². The van der Waals surface area contributed by atoms with Crippen LogP contribution in [0, 0.1) is 11.3 Å². The predicted molar refractivity (Wildman–Crippen MR) is 200 cm³/mol. The maximum atomic E-state index is 11.2. The Balaban J connectivity index is 1.25. The molecule has 232 valence electrons. The van der Waals surface area contributed by atoms with Gasteiger partial charge in [-0.2, -0.15) is 5.26 Å². The van der Waals surface area contributed by atoms with Crippen molar-refractivity contribution < 1.29 is 9.90 Å². The SMILES string of the molecule is CC(C)(C)c1ccc(N(c2ccc(/C=C/c3ccc(/C=C(/C#N)C(=O)O)cc3)cc2)c2cc3ccc4cccc5ccc(c2)c3c45)cc1. The third-order valence-corrected chi connectivity index (χ3v) is 8.92. The molecule has 7 aromatic rings. The maximum absolute atomic E-state index is 11.2. The summed E-state index contributed by atoms with van der Waals surface area (Å²) in [6, 6.07) is 46.6. The highest BCUT2D eigenvalue weighted by atomic mass is 16.4. The Morgan fingerprint density at radius 3 is 1.58 bits per heavy atom. The summed E-state index contributed by atoms with van der Waals surface area (Å²) in [5, 5.41) is 25.7. The molecule has 48 heavy (non-hydrogen) atoms. The van der Waals surface area contributed by atoms with Crippen LogP contribution in [-0.2, 0) is 10.2 Å². The number of nitrogens with zero attached hydrogens (tertiary/aromatic N) is 2. The van der Waals surface area contributed by atoms with Crippen LogP contribution in [0.5, 0.6) is 0 Å². The molecule has 0 atom stereocenters. The first kappa shape index (κ1) is 30.5. The maximum Gasteiger partial charge on any atom is 0.346 e. The second-order valence-corrected chi connectivity index (χ2v) is 13.2. The molecule has 0 fully saturated rings. The van der Waals surface area contributed by atoms with Gasteiger partial charge < -0.3 is 10.0 Å². The van der Waals surface area contributed by atoms with Gasteiger partial charge in [-0.05, 0) is 102 Å². The number of hydrogen-bond donors (Lipinski definition) is 1. The number of rotatable bonds is 7. The zero-order valence-corrected chi connectivity index (χ0v) is 27.1. The molecule has 0 radical (unpaired) electrons. The van der Waals surface area contributed by atoms with E-state index in [0.717, 1.165) is 28.2 Å². The Bertz CT molecular complexity index is 2320. The summed E-state index contributed by atoms with van der Waals surface area (Å²) in [4.78, 5) is 13.5. The number of aliphatic carboxylic acids is 1. The summed E-state index contributed by atoms with van der Waals surface area (Å²) in [6.07, 6.45) is 5.45. The summed E-state index contributed by atoms with van der Waals surface area (Å²) in [7, 11) is 0. The molecule has 1 N–H and O–H groups in total. The standard InChI is InChI=1S/C44H34N2O2/c1-44(2,3)37-19-23-39(24-20-37)46(40-26-34-17-15-32-5-4-6-33-16-18-35(27-40)42(34)41(32)33)38-21-13-30(14-22-38)8-7-29-9-11-31(12-10-29)25-36(28-45)43(47)48/h4-27H,1-3H3,(H,47,48)/b8-7+,36-25-. The lowest BCUT2D eigenvalue weighted by atomic mass is 9.87. The molecule has 0 aliphatic heterocycles. The Morgan fingerprint density at radius 1 is 0.625 bits per heavy atom. The van der Waals surface area contributed by atoms with E-state index in [4.69, 9.17) is 10.4 Å². The fraction of sp³-hybridized carbons (Fsp3) is 0.0909. The van der Waals surface area contributed by atoms with Crippen LogP contribution in [0.25, 0.3) is 50.5 Å². The summed E-state index contributed by atoms with van der Waals surface area (Å²) in [5.41, 5.74) is 7.00. The van der Waals surface area contributed by atoms with Crippen LogP contribution in [0.3, 0.4) is 0 Å². The van der Waals surface area contributed by atoms with E-state index in [2.05, 4.69) is 135 Å². The normalized spacial score (nSPS) is 12.2. The molecule has 0 aliphatic carbocycles. The molecule has 0 bridgehead atoms. The molecular formula is C44H34N2O2. The zero-order chi connectivity index (χ0) is 33.4. The van der Waals surface area contributed by atoms with Crippen LogP contribution < -0.4 is 4.90 Å². The van der Waals surface area contributed by atoms with Gasteiger partial charge in [-0.25, -0.2) is 4.79 Å². The van der Waals surface area contributed by atoms with Crippen molar-refractivity contribution in [1.82, 2.24) is 0 Å². The van der Waals surface area contributed by atoms with Crippen molar-refractivity contribution in [1.29, 1.82) is 5.26 Å². The van der Waals surface area contributed by atoms with E-state index in [-0.39, 0.29) is 11.0 Å². The first-order valence-corrected chi connectivity index (χ1v) is 16.0. The van der Waals surface area contributed by atoms with E-state index < -0.39 is 5.97 Å². The number of nitriles is 1. The van der Waals surface area contributed by atoms with Crippen molar-refractivity contribution >= 4 is 73.6 Å². The topological polar surface area (TPSA) is 64.3 Å². The Kier molecular flexibility index (Phi) is 7.75. The molecule has 0 aromatic heterocycles. The van der Waals surface area contributed by atoms with E-state index >= 15 is 0 Å². The highest BCUT2D eigenvalue weighted by Crippen LogP contribution is 2.41. The van der Waals surface area contributed by atoms with Crippen molar-refractivity contribution in [3.63, 3.8) is 0 Å². The van der Waals surface area contributed by atoms with E-state index in [1.54, 1.807) is 6.07 Å².